The number of aromatic nitrogens is 2. The Hall–Kier alpha value is -3.01. The molecule has 176 valence electrons. The van der Waals surface area contributed by atoms with Crippen molar-refractivity contribution < 1.29 is 19.0 Å². The topological polar surface area (TPSA) is 88.7 Å². The first-order chi connectivity index (χ1) is 16.5. The van der Waals surface area contributed by atoms with Crippen molar-refractivity contribution in [3.8, 4) is 0 Å². The molecule has 0 saturated carbocycles. The molecule has 0 aliphatic carbocycles. The van der Waals surface area contributed by atoms with Gasteiger partial charge in [0.05, 0.1) is 25.5 Å². The maximum absolute atomic E-state index is 15.2. The second kappa shape index (κ2) is 9.32. The number of hydrogen-bond donors (Lipinski definition) is 2. The largest absolute Gasteiger partial charge is 0.392 e. The Morgan fingerprint density at radius 2 is 2.15 bits per heavy atom. The minimum Gasteiger partial charge on any atom is -0.392 e. The summed E-state index contributed by atoms with van der Waals surface area (Å²) in [5.74, 6) is -0.0844. The molecular formula is C25H25FN4O3S. The number of amidine groups is 1. The van der Waals surface area contributed by atoms with E-state index in [1.807, 2.05) is 19.3 Å². The van der Waals surface area contributed by atoms with E-state index in [0.29, 0.717) is 34.0 Å². The molecule has 1 fully saturated rings. The monoisotopic (exact) mass is 480 g/mol. The summed E-state index contributed by atoms with van der Waals surface area (Å²) in [5.41, 5.74) is 1.45. The number of carbonyl (C=O) groups is 1. The highest BCUT2D eigenvalue weighted by Crippen LogP contribution is 2.50. The summed E-state index contributed by atoms with van der Waals surface area (Å²) in [5, 5.41) is 17.2. The van der Waals surface area contributed by atoms with E-state index in [4.69, 9.17) is 9.73 Å². The van der Waals surface area contributed by atoms with Crippen molar-refractivity contribution in [1.29, 1.82) is 0 Å². The van der Waals surface area contributed by atoms with Crippen LogP contribution in [0.3, 0.4) is 0 Å². The van der Waals surface area contributed by atoms with Crippen molar-refractivity contribution in [2.24, 2.45) is 18.0 Å². The summed E-state index contributed by atoms with van der Waals surface area (Å²) in [6, 6.07) is 13.5. The second-order valence-corrected chi connectivity index (χ2v) is 9.63. The number of amides is 1. The molecule has 2 aliphatic rings. The summed E-state index contributed by atoms with van der Waals surface area (Å²) >= 11 is 1.45. The van der Waals surface area contributed by atoms with E-state index in [1.165, 1.54) is 17.8 Å². The first-order valence-electron chi connectivity index (χ1n) is 11.1. The average Bonchev–Trinajstić information content (AvgIpc) is 3.30. The number of fused-ring (bicyclic) bond motifs is 1. The molecule has 7 nitrogen and oxygen atoms in total. The number of thioether (sulfide) groups is 1. The van der Waals surface area contributed by atoms with E-state index in [2.05, 4.69) is 10.4 Å². The smallest absolute Gasteiger partial charge is 0.257 e. The van der Waals surface area contributed by atoms with Crippen molar-refractivity contribution in [3.05, 3.63) is 89.0 Å². The van der Waals surface area contributed by atoms with Gasteiger partial charge in [0.2, 0.25) is 0 Å². The van der Waals surface area contributed by atoms with Crippen LogP contribution in [-0.4, -0.2) is 38.3 Å². The highest BCUT2D eigenvalue weighted by atomic mass is 32.2. The van der Waals surface area contributed by atoms with Gasteiger partial charge in [-0.15, -0.1) is 0 Å². The molecular weight excluding hydrogens is 455 g/mol. The van der Waals surface area contributed by atoms with Gasteiger partial charge in [0.15, 0.2) is 5.17 Å². The third-order valence-corrected chi connectivity index (χ3v) is 7.47. The van der Waals surface area contributed by atoms with Gasteiger partial charge in [0.25, 0.3) is 5.91 Å². The van der Waals surface area contributed by atoms with Gasteiger partial charge in [0.1, 0.15) is 11.4 Å². The minimum absolute atomic E-state index is 0.0442. The van der Waals surface area contributed by atoms with Gasteiger partial charge in [-0.05, 0) is 36.2 Å². The summed E-state index contributed by atoms with van der Waals surface area (Å²) in [6.07, 6.45) is 4.17. The van der Waals surface area contributed by atoms with Gasteiger partial charge in [-0.3, -0.25) is 9.48 Å². The predicted molar refractivity (Wildman–Crippen MR) is 128 cm³/mol. The quantitative estimate of drug-likeness (QED) is 0.596. The van der Waals surface area contributed by atoms with Crippen LogP contribution < -0.4 is 5.32 Å². The zero-order chi connectivity index (χ0) is 23.7. The molecule has 1 saturated heterocycles. The Labute approximate surface area is 201 Å². The molecule has 5 rings (SSSR count). The van der Waals surface area contributed by atoms with Gasteiger partial charge in [0, 0.05) is 41.6 Å². The lowest BCUT2D eigenvalue weighted by atomic mass is 9.74. The van der Waals surface area contributed by atoms with Gasteiger partial charge < -0.3 is 15.2 Å². The van der Waals surface area contributed by atoms with Gasteiger partial charge >= 0.3 is 0 Å². The molecule has 3 aromatic rings. The summed E-state index contributed by atoms with van der Waals surface area (Å²) < 4.78 is 23.2. The fourth-order valence-electron chi connectivity index (χ4n) is 4.61. The fraction of sp³-hybridized carbons (Fsp3) is 0.320. The maximum atomic E-state index is 15.2. The predicted octanol–water partition coefficient (Wildman–Crippen LogP) is 3.56. The number of aryl methyl sites for hydroxylation is 1. The van der Waals surface area contributed by atoms with E-state index >= 15 is 4.39 Å². The molecule has 0 spiro atoms. The van der Waals surface area contributed by atoms with Crippen LogP contribution in [-0.2, 0) is 23.9 Å². The molecule has 9 heteroatoms. The van der Waals surface area contributed by atoms with Crippen molar-refractivity contribution in [2.75, 3.05) is 12.4 Å². The Morgan fingerprint density at radius 3 is 2.88 bits per heavy atom. The number of halogens is 1. The van der Waals surface area contributed by atoms with Crippen LogP contribution in [0, 0.1) is 11.7 Å². The third-order valence-electron chi connectivity index (χ3n) is 6.43. The lowest BCUT2D eigenvalue weighted by Gasteiger charge is -2.46. The van der Waals surface area contributed by atoms with Crippen LogP contribution in [0.2, 0.25) is 0 Å². The van der Waals surface area contributed by atoms with Gasteiger partial charge in [-0.25, -0.2) is 9.38 Å². The Balaban J connectivity index is 1.51. The molecule has 0 radical (unpaired) electrons. The molecule has 1 aromatic heterocycles. The number of rotatable bonds is 4. The molecule has 3 heterocycles. The van der Waals surface area contributed by atoms with Gasteiger partial charge in [-0.1, -0.05) is 36.0 Å². The Kier molecular flexibility index (Phi) is 6.24. The average molecular weight is 481 g/mol. The van der Waals surface area contributed by atoms with Crippen LogP contribution in [0.4, 0.5) is 4.39 Å². The summed E-state index contributed by atoms with van der Waals surface area (Å²) in [7, 11) is 1.86. The number of aliphatic hydroxyl groups is 1. The summed E-state index contributed by atoms with van der Waals surface area (Å²) in [4.78, 5) is 17.7. The van der Waals surface area contributed by atoms with E-state index in [0.717, 1.165) is 5.56 Å². The van der Waals surface area contributed by atoms with Crippen molar-refractivity contribution >= 4 is 22.8 Å². The first kappa shape index (κ1) is 22.8. The van der Waals surface area contributed by atoms with Crippen LogP contribution in [0.5, 0.6) is 0 Å². The van der Waals surface area contributed by atoms with E-state index < -0.39 is 11.4 Å². The Bertz CT molecular complexity index is 1230. The lowest BCUT2D eigenvalue weighted by molar-refractivity contribution is -0.0588. The molecule has 0 unspecified atom stereocenters. The number of benzene rings is 2. The van der Waals surface area contributed by atoms with E-state index in [1.54, 1.807) is 47.3 Å². The van der Waals surface area contributed by atoms with E-state index in [9.17, 15) is 9.90 Å². The molecule has 2 aliphatic heterocycles. The van der Waals surface area contributed by atoms with Crippen molar-refractivity contribution in [2.45, 2.75) is 24.7 Å². The summed E-state index contributed by atoms with van der Waals surface area (Å²) in [6.45, 7) is -0.0580. The minimum atomic E-state index is -1.02. The standard InChI is InChI=1S/C25H25FN4O3S/c1-30-12-18(11-27-30)22-10-19-14-34-24(28-23(32)17-5-3-2-4-6-17)29-25(19,15-33-22)20-9-16(13-31)7-8-21(20)26/h2-9,11-12,19,22,31H,10,13-15H2,1H3,(H,28,29,32)/t19-,22+,25-/m0/s1. The van der Waals surface area contributed by atoms with Crippen LogP contribution in [0.25, 0.3) is 0 Å². The van der Waals surface area contributed by atoms with Crippen LogP contribution in [0.15, 0.2) is 65.9 Å². The molecule has 34 heavy (non-hydrogen) atoms. The number of aliphatic hydroxyl groups excluding tert-OH is 1. The zero-order valence-electron chi connectivity index (χ0n) is 18.6. The maximum Gasteiger partial charge on any atom is 0.257 e. The molecule has 1 amide bonds. The second-order valence-electron chi connectivity index (χ2n) is 8.62. The van der Waals surface area contributed by atoms with Crippen molar-refractivity contribution in [1.82, 2.24) is 15.1 Å². The molecule has 2 N–H and O–H groups in total. The number of aliphatic imine (C=N–C) groups is 1. The van der Waals surface area contributed by atoms with Crippen LogP contribution >= 0.6 is 11.8 Å². The number of hydrogen-bond acceptors (Lipinski definition) is 6. The van der Waals surface area contributed by atoms with E-state index in [-0.39, 0.29) is 31.1 Å². The fourth-order valence-corrected chi connectivity index (χ4v) is 5.77. The zero-order valence-corrected chi connectivity index (χ0v) is 19.5. The third kappa shape index (κ3) is 4.26. The molecule has 0 bridgehead atoms. The SMILES string of the molecule is Cn1cc([C@H]2C[C@H]3CSC(NC(=O)c4ccccc4)=N[C@@]3(c3cc(CO)ccc3F)CO2)cn1. The number of nitrogens with one attached hydrogen (secondary N) is 1. The lowest BCUT2D eigenvalue weighted by Crippen LogP contribution is -2.49. The number of ether oxygens (including phenoxy) is 1. The Morgan fingerprint density at radius 1 is 1.32 bits per heavy atom. The van der Waals surface area contributed by atoms with Crippen molar-refractivity contribution in [3.63, 3.8) is 0 Å². The normalized spacial score (nSPS) is 24.3. The highest BCUT2D eigenvalue weighted by Gasteiger charge is 2.50. The van der Waals surface area contributed by atoms with Gasteiger partial charge in [-0.2, -0.15) is 5.10 Å². The number of nitrogens with zero attached hydrogens (tertiary/aromatic N) is 3. The first-order valence-corrected chi connectivity index (χ1v) is 12.1. The van der Waals surface area contributed by atoms with Crippen LogP contribution in [0.1, 0.15) is 39.6 Å². The molecule has 3 atom stereocenters. The molecule has 2 aromatic carbocycles. The highest BCUT2D eigenvalue weighted by molar-refractivity contribution is 8.13. The number of carbonyl (C=O) groups excluding carboxylic acids is 1.